The fraction of sp³-hybridized carbons (Fsp3) is 0.571. The van der Waals surface area contributed by atoms with Crippen LogP contribution in [0.3, 0.4) is 0 Å². The van der Waals surface area contributed by atoms with E-state index in [1.807, 2.05) is 31.3 Å². The molecule has 1 aromatic carbocycles. The molecule has 0 aliphatic rings. The number of likely N-dealkylation sites (N-methyl/N-ethyl adjacent to an activating group) is 1. The Morgan fingerprint density at radius 3 is 2.67 bits per heavy atom. The van der Waals surface area contributed by atoms with Gasteiger partial charge < -0.3 is 19.5 Å². The van der Waals surface area contributed by atoms with E-state index in [1.54, 1.807) is 14.2 Å². The average molecular weight is 253 g/mol. The van der Waals surface area contributed by atoms with Gasteiger partial charge in [-0.1, -0.05) is 18.2 Å². The number of methoxy groups -OCH3 is 2. The first kappa shape index (κ1) is 15.0. The van der Waals surface area contributed by atoms with Gasteiger partial charge in [-0.05, 0) is 19.5 Å². The Morgan fingerprint density at radius 1 is 1.28 bits per heavy atom. The highest BCUT2D eigenvalue weighted by atomic mass is 16.5. The van der Waals surface area contributed by atoms with Gasteiger partial charge in [-0.15, -0.1) is 0 Å². The van der Waals surface area contributed by atoms with Crippen molar-refractivity contribution >= 4 is 0 Å². The third-order valence-electron chi connectivity index (χ3n) is 2.87. The number of hydrogen-bond acceptors (Lipinski definition) is 4. The molecule has 4 heteroatoms. The minimum atomic E-state index is -0.534. The van der Waals surface area contributed by atoms with Crippen molar-refractivity contribution in [2.45, 2.75) is 12.5 Å². The molecule has 0 aliphatic heterocycles. The maximum atomic E-state index is 10.2. The van der Waals surface area contributed by atoms with Crippen LogP contribution in [0.25, 0.3) is 0 Å². The van der Waals surface area contributed by atoms with E-state index in [0.29, 0.717) is 6.54 Å². The van der Waals surface area contributed by atoms with Crippen LogP contribution >= 0.6 is 0 Å². The zero-order chi connectivity index (χ0) is 13.4. The molecule has 18 heavy (non-hydrogen) atoms. The highest BCUT2D eigenvalue weighted by Gasteiger charge is 2.14. The van der Waals surface area contributed by atoms with E-state index >= 15 is 0 Å². The molecule has 0 aliphatic carbocycles. The molecule has 0 radical (unpaired) electrons. The molecular formula is C14H23NO3. The summed E-state index contributed by atoms with van der Waals surface area (Å²) in [6.45, 7) is 2.24. The molecule has 1 rings (SSSR count). The molecule has 1 unspecified atom stereocenters. The Balaban J connectivity index is 2.51. The highest BCUT2D eigenvalue weighted by molar-refractivity contribution is 5.35. The zero-order valence-electron chi connectivity index (χ0n) is 11.4. The van der Waals surface area contributed by atoms with Crippen molar-refractivity contribution in [2.24, 2.45) is 0 Å². The van der Waals surface area contributed by atoms with Crippen LogP contribution in [0.5, 0.6) is 5.75 Å². The smallest absolute Gasteiger partial charge is 0.124 e. The average Bonchev–Trinajstić information content (AvgIpc) is 2.39. The predicted octanol–water partition coefficient (Wildman–Crippen LogP) is 1.70. The van der Waals surface area contributed by atoms with Crippen LogP contribution in [-0.2, 0) is 4.74 Å². The zero-order valence-corrected chi connectivity index (χ0v) is 11.4. The van der Waals surface area contributed by atoms with Crippen molar-refractivity contribution in [2.75, 3.05) is 41.0 Å². The van der Waals surface area contributed by atoms with Gasteiger partial charge in [0.25, 0.3) is 0 Å². The van der Waals surface area contributed by atoms with E-state index in [-0.39, 0.29) is 0 Å². The van der Waals surface area contributed by atoms with Crippen molar-refractivity contribution in [1.82, 2.24) is 4.90 Å². The molecule has 0 aromatic heterocycles. The first-order valence-electron chi connectivity index (χ1n) is 6.17. The quantitative estimate of drug-likeness (QED) is 0.716. The van der Waals surface area contributed by atoms with Crippen molar-refractivity contribution in [3.05, 3.63) is 29.8 Å². The Labute approximate surface area is 109 Å². The Bertz CT molecular complexity index is 344. The number of aliphatic hydroxyl groups is 1. The minimum Gasteiger partial charge on any atom is -0.496 e. The molecule has 0 amide bonds. The van der Waals surface area contributed by atoms with Crippen LogP contribution < -0.4 is 4.74 Å². The summed E-state index contributed by atoms with van der Waals surface area (Å²) >= 11 is 0. The Hall–Kier alpha value is -1.10. The maximum Gasteiger partial charge on any atom is 0.124 e. The molecule has 1 aromatic rings. The first-order valence-corrected chi connectivity index (χ1v) is 6.17. The second-order valence-corrected chi connectivity index (χ2v) is 4.37. The number of para-hydroxylation sites is 1. The second-order valence-electron chi connectivity index (χ2n) is 4.37. The molecule has 0 heterocycles. The lowest BCUT2D eigenvalue weighted by Gasteiger charge is -2.21. The van der Waals surface area contributed by atoms with Crippen LogP contribution in [0, 0.1) is 0 Å². The lowest BCUT2D eigenvalue weighted by molar-refractivity contribution is 0.115. The monoisotopic (exact) mass is 253 g/mol. The van der Waals surface area contributed by atoms with E-state index in [9.17, 15) is 5.11 Å². The van der Waals surface area contributed by atoms with Crippen LogP contribution in [0.2, 0.25) is 0 Å². The summed E-state index contributed by atoms with van der Waals surface area (Å²) in [5.74, 6) is 0.732. The number of benzene rings is 1. The largest absolute Gasteiger partial charge is 0.496 e. The number of aliphatic hydroxyl groups excluding tert-OH is 1. The fourth-order valence-electron chi connectivity index (χ4n) is 1.91. The topological polar surface area (TPSA) is 41.9 Å². The van der Waals surface area contributed by atoms with Crippen molar-refractivity contribution in [1.29, 1.82) is 0 Å². The minimum absolute atomic E-state index is 0.534. The third kappa shape index (κ3) is 4.64. The van der Waals surface area contributed by atoms with Gasteiger partial charge in [-0.3, -0.25) is 0 Å². The van der Waals surface area contributed by atoms with Gasteiger partial charge >= 0.3 is 0 Å². The molecule has 4 nitrogen and oxygen atoms in total. The summed E-state index contributed by atoms with van der Waals surface area (Å²) in [5.41, 5.74) is 0.832. The third-order valence-corrected chi connectivity index (χ3v) is 2.87. The SMILES string of the molecule is COCCCN(C)CC(O)c1ccccc1OC. The lowest BCUT2D eigenvalue weighted by Crippen LogP contribution is -2.26. The van der Waals surface area contributed by atoms with Gasteiger partial charge in [0, 0.05) is 32.4 Å². The normalized spacial score (nSPS) is 12.7. The van der Waals surface area contributed by atoms with Gasteiger partial charge in [0.15, 0.2) is 0 Å². The Morgan fingerprint density at radius 2 is 2.00 bits per heavy atom. The number of rotatable bonds is 8. The number of nitrogens with zero attached hydrogens (tertiary/aromatic N) is 1. The summed E-state index contributed by atoms with van der Waals surface area (Å²) in [7, 11) is 5.31. The van der Waals surface area contributed by atoms with Gasteiger partial charge in [0.1, 0.15) is 5.75 Å². The molecule has 0 saturated heterocycles. The van der Waals surface area contributed by atoms with Crippen LogP contribution in [0.4, 0.5) is 0 Å². The van der Waals surface area contributed by atoms with E-state index in [1.165, 1.54) is 0 Å². The van der Waals surface area contributed by atoms with E-state index in [2.05, 4.69) is 4.90 Å². The van der Waals surface area contributed by atoms with Crippen LogP contribution in [-0.4, -0.2) is 51.0 Å². The van der Waals surface area contributed by atoms with Crippen LogP contribution in [0.15, 0.2) is 24.3 Å². The van der Waals surface area contributed by atoms with E-state index in [0.717, 1.165) is 30.9 Å². The molecule has 0 bridgehead atoms. The van der Waals surface area contributed by atoms with E-state index < -0.39 is 6.10 Å². The first-order chi connectivity index (χ1) is 8.69. The van der Waals surface area contributed by atoms with E-state index in [4.69, 9.17) is 9.47 Å². The number of ether oxygens (including phenoxy) is 2. The molecular weight excluding hydrogens is 230 g/mol. The summed E-state index contributed by atoms with van der Waals surface area (Å²) in [5, 5.41) is 10.2. The van der Waals surface area contributed by atoms with Crippen LogP contribution in [0.1, 0.15) is 18.1 Å². The lowest BCUT2D eigenvalue weighted by atomic mass is 10.1. The molecule has 102 valence electrons. The molecule has 0 saturated carbocycles. The maximum absolute atomic E-state index is 10.2. The second kappa shape index (κ2) is 8.08. The van der Waals surface area contributed by atoms with Crippen molar-refractivity contribution in [3.8, 4) is 5.75 Å². The van der Waals surface area contributed by atoms with Gasteiger partial charge in [0.05, 0.1) is 13.2 Å². The van der Waals surface area contributed by atoms with Crippen molar-refractivity contribution in [3.63, 3.8) is 0 Å². The highest BCUT2D eigenvalue weighted by Crippen LogP contribution is 2.24. The Kier molecular flexibility index (Phi) is 6.72. The summed E-state index contributed by atoms with van der Waals surface area (Å²) in [4.78, 5) is 2.09. The standard InChI is InChI=1S/C14H23NO3/c1-15(9-6-10-17-2)11-13(16)12-7-4-5-8-14(12)18-3/h4-5,7-8,13,16H,6,9-11H2,1-3H3. The molecule has 1 N–H and O–H groups in total. The fourth-order valence-corrected chi connectivity index (χ4v) is 1.91. The van der Waals surface area contributed by atoms with Gasteiger partial charge in [0.2, 0.25) is 0 Å². The number of hydrogen-bond donors (Lipinski definition) is 1. The summed E-state index contributed by atoms with van der Waals surface area (Å²) in [6.07, 6.45) is 0.430. The summed E-state index contributed by atoms with van der Waals surface area (Å²) < 4.78 is 10.3. The van der Waals surface area contributed by atoms with Gasteiger partial charge in [-0.25, -0.2) is 0 Å². The summed E-state index contributed by atoms with van der Waals surface area (Å²) in [6, 6.07) is 7.57. The van der Waals surface area contributed by atoms with Crippen molar-refractivity contribution < 1.29 is 14.6 Å². The molecule has 0 fully saturated rings. The predicted molar refractivity (Wildman–Crippen MR) is 71.9 cm³/mol. The molecule has 0 spiro atoms. The molecule has 1 atom stereocenters. The van der Waals surface area contributed by atoms with Gasteiger partial charge in [-0.2, -0.15) is 0 Å².